The zero-order valence-corrected chi connectivity index (χ0v) is 15.1. The maximum atomic E-state index is 12.7. The van der Waals surface area contributed by atoms with Crippen molar-refractivity contribution < 1.29 is 12.8 Å². The molecular formula is C17H25N3O3S. The molecule has 0 atom stereocenters. The summed E-state index contributed by atoms with van der Waals surface area (Å²) < 4.78 is 32.7. The van der Waals surface area contributed by atoms with E-state index in [1.807, 2.05) is 0 Å². The van der Waals surface area contributed by atoms with Crippen molar-refractivity contribution in [2.45, 2.75) is 44.4 Å². The zero-order chi connectivity index (χ0) is 17.2. The first-order valence-corrected chi connectivity index (χ1v) is 10.1. The van der Waals surface area contributed by atoms with E-state index < -0.39 is 10.0 Å². The van der Waals surface area contributed by atoms with E-state index in [2.05, 4.69) is 24.1 Å². The number of hydrogen-bond donors (Lipinski definition) is 1. The molecule has 2 aromatic rings. The molecule has 3 rings (SSSR count). The first-order chi connectivity index (χ1) is 11.5. The van der Waals surface area contributed by atoms with Gasteiger partial charge in [0.1, 0.15) is 5.52 Å². The average molecular weight is 351 g/mol. The van der Waals surface area contributed by atoms with Gasteiger partial charge in [-0.25, -0.2) is 8.42 Å². The Morgan fingerprint density at radius 2 is 2.00 bits per heavy atom. The standard InChI is InChI=1S/C17H25N3O3S/c1-13(2)8-9-18-17-19-15-12-14(6-7-16(15)23-17)24(21,22)20-10-4-3-5-11-20/h6-7,12-13H,3-5,8-11H2,1-2H3,(H,18,19). The van der Waals surface area contributed by atoms with Crippen molar-refractivity contribution in [1.29, 1.82) is 0 Å². The second-order valence-electron chi connectivity index (χ2n) is 6.72. The van der Waals surface area contributed by atoms with E-state index in [1.165, 1.54) is 0 Å². The summed E-state index contributed by atoms with van der Waals surface area (Å²) in [4.78, 5) is 4.66. The lowest BCUT2D eigenvalue weighted by molar-refractivity contribution is 0.346. The van der Waals surface area contributed by atoms with E-state index in [9.17, 15) is 8.42 Å². The first kappa shape index (κ1) is 17.2. The van der Waals surface area contributed by atoms with Crippen molar-refractivity contribution in [1.82, 2.24) is 9.29 Å². The zero-order valence-electron chi connectivity index (χ0n) is 14.3. The highest BCUT2D eigenvalue weighted by atomic mass is 32.2. The number of hydrogen-bond acceptors (Lipinski definition) is 5. The molecule has 1 saturated heterocycles. The molecule has 0 radical (unpaired) electrons. The number of nitrogens with one attached hydrogen (secondary N) is 1. The fraction of sp³-hybridized carbons (Fsp3) is 0.588. The molecule has 1 aromatic heterocycles. The van der Waals surface area contributed by atoms with Gasteiger partial charge in [0.25, 0.3) is 6.01 Å². The fourth-order valence-electron chi connectivity index (χ4n) is 2.87. The van der Waals surface area contributed by atoms with Gasteiger partial charge in [-0.15, -0.1) is 0 Å². The quantitative estimate of drug-likeness (QED) is 0.862. The molecular weight excluding hydrogens is 326 g/mol. The lowest BCUT2D eigenvalue weighted by atomic mass is 10.1. The molecule has 1 aliphatic heterocycles. The molecule has 2 heterocycles. The lowest BCUT2D eigenvalue weighted by Crippen LogP contribution is -2.35. The van der Waals surface area contributed by atoms with Crippen LogP contribution in [0.1, 0.15) is 39.5 Å². The van der Waals surface area contributed by atoms with Crippen LogP contribution in [0, 0.1) is 5.92 Å². The van der Waals surface area contributed by atoms with Crippen LogP contribution in [-0.2, 0) is 10.0 Å². The summed E-state index contributed by atoms with van der Waals surface area (Å²) in [7, 11) is -3.44. The van der Waals surface area contributed by atoms with E-state index in [1.54, 1.807) is 22.5 Å². The monoisotopic (exact) mass is 351 g/mol. The summed E-state index contributed by atoms with van der Waals surface area (Å²) in [5.74, 6) is 0.600. The van der Waals surface area contributed by atoms with Gasteiger partial charge in [-0.3, -0.25) is 0 Å². The van der Waals surface area contributed by atoms with Crippen LogP contribution in [0.5, 0.6) is 0 Å². The van der Waals surface area contributed by atoms with Crippen molar-refractivity contribution in [2.75, 3.05) is 25.0 Å². The Morgan fingerprint density at radius 1 is 1.25 bits per heavy atom. The Hall–Kier alpha value is -1.60. The van der Waals surface area contributed by atoms with Crippen molar-refractivity contribution in [3.8, 4) is 0 Å². The van der Waals surface area contributed by atoms with Gasteiger partial charge in [-0.1, -0.05) is 20.3 Å². The summed E-state index contributed by atoms with van der Waals surface area (Å²) in [5, 5.41) is 3.15. The third kappa shape index (κ3) is 3.72. The second-order valence-corrected chi connectivity index (χ2v) is 8.66. The van der Waals surface area contributed by atoms with Crippen LogP contribution in [0.2, 0.25) is 0 Å². The Balaban J connectivity index is 1.80. The van der Waals surface area contributed by atoms with E-state index in [0.29, 0.717) is 41.0 Å². The summed E-state index contributed by atoms with van der Waals surface area (Å²) in [6.07, 6.45) is 3.97. The number of sulfonamides is 1. The Bertz CT molecular complexity index is 793. The molecule has 24 heavy (non-hydrogen) atoms. The van der Waals surface area contributed by atoms with E-state index >= 15 is 0 Å². The van der Waals surface area contributed by atoms with Gasteiger partial charge in [-0.2, -0.15) is 9.29 Å². The lowest BCUT2D eigenvalue weighted by Gasteiger charge is -2.25. The highest BCUT2D eigenvalue weighted by Crippen LogP contribution is 2.25. The van der Waals surface area contributed by atoms with Gasteiger partial charge in [0.15, 0.2) is 5.58 Å². The first-order valence-electron chi connectivity index (χ1n) is 8.61. The molecule has 0 bridgehead atoms. The molecule has 0 unspecified atom stereocenters. The topological polar surface area (TPSA) is 75.4 Å². The summed E-state index contributed by atoms with van der Waals surface area (Å²) in [6, 6.07) is 5.34. The van der Waals surface area contributed by atoms with E-state index in [4.69, 9.17) is 4.42 Å². The van der Waals surface area contributed by atoms with Crippen LogP contribution in [0.15, 0.2) is 27.5 Å². The van der Waals surface area contributed by atoms with Crippen molar-refractivity contribution in [3.05, 3.63) is 18.2 Å². The Kier molecular flexibility index (Phi) is 5.10. The van der Waals surface area contributed by atoms with Crippen molar-refractivity contribution in [3.63, 3.8) is 0 Å². The van der Waals surface area contributed by atoms with Crippen LogP contribution in [0.3, 0.4) is 0 Å². The molecule has 1 N–H and O–H groups in total. The number of oxazole rings is 1. The van der Waals surface area contributed by atoms with Gasteiger partial charge >= 0.3 is 0 Å². The molecule has 0 saturated carbocycles. The number of aromatic nitrogens is 1. The van der Waals surface area contributed by atoms with Crippen LogP contribution < -0.4 is 5.32 Å². The molecule has 132 valence electrons. The molecule has 1 aromatic carbocycles. The highest BCUT2D eigenvalue weighted by Gasteiger charge is 2.26. The van der Waals surface area contributed by atoms with Crippen molar-refractivity contribution >= 4 is 27.1 Å². The predicted molar refractivity (Wildman–Crippen MR) is 94.6 cm³/mol. The van der Waals surface area contributed by atoms with Gasteiger partial charge < -0.3 is 9.73 Å². The summed E-state index contributed by atoms with van der Waals surface area (Å²) in [6.45, 7) is 6.29. The number of fused-ring (bicyclic) bond motifs is 1. The maximum Gasteiger partial charge on any atom is 0.295 e. The minimum absolute atomic E-state index is 0.291. The minimum atomic E-state index is -3.44. The van der Waals surface area contributed by atoms with Crippen LogP contribution in [0.4, 0.5) is 6.01 Å². The molecule has 1 aliphatic rings. The van der Waals surface area contributed by atoms with Gasteiger partial charge in [0, 0.05) is 19.6 Å². The third-order valence-electron chi connectivity index (χ3n) is 4.31. The van der Waals surface area contributed by atoms with Crippen LogP contribution >= 0.6 is 0 Å². The third-order valence-corrected chi connectivity index (χ3v) is 6.20. The second kappa shape index (κ2) is 7.11. The Labute approximate surface area is 143 Å². The van der Waals surface area contributed by atoms with Crippen molar-refractivity contribution in [2.24, 2.45) is 5.92 Å². The molecule has 0 aliphatic carbocycles. The number of piperidine rings is 1. The van der Waals surface area contributed by atoms with Crippen LogP contribution in [-0.4, -0.2) is 37.3 Å². The maximum absolute atomic E-state index is 12.7. The molecule has 7 heteroatoms. The molecule has 0 amide bonds. The molecule has 6 nitrogen and oxygen atoms in total. The Morgan fingerprint density at radius 3 is 2.71 bits per heavy atom. The number of anilines is 1. The van der Waals surface area contributed by atoms with Gasteiger partial charge in [0.2, 0.25) is 10.0 Å². The predicted octanol–water partition coefficient (Wildman–Crippen LogP) is 3.46. The number of rotatable bonds is 6. The summed E-state index contributed by atoms with van der Waals surface area (Å²) >= 11 is 0. The normalized spacial score (nSPS) is 16.8. The SMILES string of the molecule is CC(C)CCNc1nc2cc(S(=O)(=O)N3CCCCC3)ccc2o1. The van der Waals surface area contributed by atoms with Gasteiger partial charge in [0.05, 0.1) is 4.90 Å². The molecule has 1 fully saturated rings. The van der Waals surface area contributed by atoms with Gasteiger partial charge in [-0.05, 0) is 43.4 Å². The summed E-state index contributed by atoms with van der Waals surface area (Å²) in [5.41, 5.74) is 1.17. The van der Waals surface area contributed by atoms with Crippen LogP contribution in [0.25, 0.3) is 11.1 Å². The molecule has 0 spiro atoms. The number of benzene rings is 1. The van der Waals surface area contributed by atoms with E-state index in [-0.39, 0.29) is 0 Å². The largest absolute Gasteiger partial charge is 0.424 e. The fourth-order valence-corrected chi connectivity index (χ4v) is 4.40. The smallest absolute Gasteiger partial charge is 0.295 e. The average Bonchev–Trinajstić information content (AvgIpc) is 2.97. The number of nitrogens with zero attached hydrogens (tertiary/aromatic N) is 2. The van der Waals surface area contributed by atoms with E-state index in [0.717, 1.165) is 32.2 Å². The minimum Gasteiger partial charge on any atom is -0.424 e. The highest BCUT2D eigenvalue weighted by molar-refractivity contribution is 7.89.